The highest BCUT2D eigenvalue weighted by Crippen LogP contribution is 2.27. The highest BCUT2D eigenvalue weighted by molar-refractivity contribution is 5.84. The van der Waals surface area contributed by atoms with Gasteiger partial charge in [-0.25, -0.2) is 0 Å². The average molecular weight is 316 g/mol. The first-order valence-corrected chi connectivity index (χ1v) is 7.65. The van der Waals surface area contributed by atoms with Crippen molar-refractivity contribution in [2.75, 3.05) is 0 Å². The van der Waals surface area contributed by atoms with E-state index in [1.165, 1.54) is 0 Å². The minimum Gasteiger partial charge on any atom is -0.426 e. The van der Waals surface area contributed by atoms with Crippen molar-refractivity contribution in [3.8, 4) is 5.75 Å². The van der Waals surface area contributed by atoms with Gasteiger partial charge in [0.2, 0.25) is 0 Å². The lowest BCUT2D eigenvalue weighted by Crippen LogP contribution is -2.20. The SMILES string of the molecule is O=Cc1ccc(OC(=O)C(c2ccccc2)c2ccccc2)cc1. The number of benzene rings is 3. The molecule has 0 amide bonds. The fourth-order valence-electron chi connectivity index (χ4n) is 2.55. The third-order valence-corrected chi connectivity index (χ3v) is 3.74. The van der Waals surface area contributed by atoms with Crippen molar-refractivity contribution in [3.63, 3.8) is 0 Å². The zero-order valence-corrected chi connectivity index (χ0v) is 13.0. The van der Waals surface area contributed by atoms with E-state index in [1.54, 1.807) is 24.3 Å². The van der Waals surface area contributed by atoms with Gasteiger partial charge in [-0.3, -0.25) is 9.59 Å². The van der Waals surface area contributed by atoms with Crippen LogP contribution in [0.2, 0.25) is 0 Å². The maximum absolute atomic E-state index is 12.8. The van der Waals surface area contributed by atoms with Crippen LogP contribution in [0, 0.1) is 0 Å². The smallest absolute Gasteiger partial charge is 0.323 e. The molecule has 0 aromatic heterocycles. The van der Waals surface area contributed by atoms with Crippen molar-refractivity contribution in [3.05, 3.63) is 102 Å². The van der Waals surface area contributed by atoms with Gasteiger partial charge in [0.05, 0.1) is 0 Å². The van der Waals surface area contributed by atoms with Crippen molar-refractivity contribution in [1.82, 2.24) is 0 Å². The standard InChI is InChI=1S/C21H16O3/c22-15-16-11-13-19(14-12-16)24-21(23)20(17-7-3-1-4-8-17)18-9-5-2-6-10-18/h1-15,20H. The molecule has 0 aliphatic rings. The molecule has 0 N–H and O–H groups in total. The summed E-state index contributed by atoms with van der Waals surface area (Å²) in [4.78, 5) is 23.5. The van der Waals surface area contributed by atoms with E-state index in [2.05, 4.69) is 0 Å². The molecule has 0 saturated heterocycles. The molecular formula is C21H16O3. The predicted molar refractivity (Wildman–Crippen MR) is 92.2 cm³/mol. The summed E-state index contributed by atoms with van der Waals surface area (Å²) in [5.74, 6) is -0.438. The van der Waals surface area contributed by atoms with Crippen LogP contribution in [-0.4, -0.2) is 12.3 Å². The van der Waals surface area contributed by atoms with Crippen LogP contribution >= 0.6 is 0 Å². The van der Waals surface area contributed by atoms with E-state index in [0.29, 0.717) is 11.3 Å². The Morgan fingerprint density at radius 3 is 1.71 bits per heavy atom. The molecule has 0 spiro atoms. The summed E-state index contributed by atoms with van der Waals surface area (Å²) in [6.45, 7) is 0. The summed E-state index contributed by atoms with van der Waals surface area (Å²) in [5.41, 5.74) is 2.29. The second-order valence-electron chi connectivity index (χ2n) is 5.36. The van der Waals surface area contributed by atoms with Crippen molar-refractivity contribution < 1.29 is 14.3 Å². The van der Waals surface area contributed by atoms with Crippen LogP contribution in [0.4, 0.5) is 0 Å². The second kappa shape index (κ2) is 7.38. The molecule has 118 valence electrons. The van der Waals surface area contributed by atoms with Crippen molar-refractivity contribution in [2.45, 2.75) is 5.92 Å². The van der Waals surface area contributed by atoms with Gasteiger partial charge in [0.15, 0.2) is 0 Å². The minimum absolute atomic E-state index is 0.355. The number of aldehydes is 1. The molecule has 3 nitrogen and oxygen atoms in total. The van der Waals surface area contributed by atoms with E-state index in [1.807, 2.05) is 60.7 Å². The quantitative estimate of drug-likeness (QED) is 0.402. The minimum atomic E-state index is -0.502. The Morgan fingerprint density at radius 2 is 1.25 bits per heavy atom. The number of ether oxygens (including phenoxy) is 1. The first-order chi connectivity index (χ1) is 11.8. The fraction of sp³-hybridized carbons (Fsp3) is 0.0476. The van der Waals surface area contributed by atoms with E-state index in [9.17, 15) is 9.59 Å². The molecule has 0 fully saturated rings. The summed E-state index contributed by atoms with van der Waals surface area (Å²) in [5, 5.41) is 0. The Balaban J connectivity index is 1.90. The molecule has 3 aromatic carbocycles. The first-order valence-electron chi connectivity index (χ1n) is 7.65. The normalized spacial score (nSPS) is 10.4. The number of carbonyl (C=O) groups excluding carboxylic acids is 2. The number of rotatable bonds is 5. The lowest BCUT2D eigenvalue weighted by atomic mass is 9.91. The Kier molecular flexibility index (Phi) is 4.82. The molecule has 0 unspecified atom stereocenters. The van der Waals surface area contributed by atoms with Gasteiger partial charge in [0.25, 0.3) is 0 Å². The van der Waals surface area contributed by atoms with E-state index in [-0.39, 0.29) is 5.97 Å². The molecule has 0 heterocycles. The molecule has 0 atom stereocenters. The van der Waals surface area contributed by atoms with Crippen LogP contribution in [0.5, 0.6) is 5.75 Å². The third kappa shape index (κ3) is 3.58. The van der Waals surface area contributed by atoms with E-state index in [4.69, 9.17) is 4.74 Å². The summed E-state index contributed by atoms with van der Waals surface area (Å²) in [7, 11) is 0. The molecule has 0 aliphatic heterocycles. The van der Waals surface area contributed by atoms with Gasteiger partial charge >= 0.3 is 5.97 Å². The number of carbonyl (C=O) groups is 2. The molecule has 3 aromatic rings. The second-order valence-corrected chi connectivity index (χ2v) is 5.36. The summed E-state index contributed by atoms with van der Waals surface area (Å²) in [6, 6.07) is 25.5. The molecule has 0 aliphatic carbocycles. The van der Waals surface area contributed by atoms with Gasteiger partial charge in [-0.05, 0) is 35.4 Å². The summed E-state index contributed by atoms with van der Waals surface area (Å²) in [6.07, 6.45) is 0.752. The highest BCUT2D eigenvalue weighted by atomic mass is 16.5. The molecule has 24 heavy (non-hydrogen) atoms. The van der Waals surface area contributed by atoms with Crippen molar-refractivity contribution >= 4 is 12.3 Å². The topological polar surface area (TPSA) is 43.4 Å². The molecule has 3 rings (SSSR count). The summed E-state index contributed by atoms with van der Waals surface area (Å²) >= 11 is 0. The fourth-order valence-corrected chi connectivity index (χ4v) is 2.55. The highest BCUT2D eigenvalue weighted by Gasteiger charge is 2.24. The third-order valence-electron chi connectivity index (χ3n) is 3.74. The van der Waals surface area contributed by atoms with Gasteiger partial charge in [0, 0.05) is 5.56 Å². The van der Waals surface area contributed by atoms with Gasteiger partial charge < -0.3 is 4.74 Å². The Hall–Kier alpha value is -3.20. The van der Waals surface area contributed by atoms with Crippen LogP contribution in [0.1, 0.15) is 27.4 Å². The molecule has 0 bridgehead atoms. The Labute approximate surface area is 140 Å². The molecular weight excluding hydrogens is 300 g/mol. The number of hydrogen-bond acceptors (Lipinski definition) is 3. The van der Waals surface area contributed by atoms with Gasteiger partial charge in [-0.1, -0.05) is 60.7 Å². The zero-order chi connectivity index (χ0) is 16.8. The lowest BCUT2D eigenvalue weighted by molar-refractivity contribution is -0.135. The summed E-state index contributed by atoms with van der Waals surface area (Å²) < 4.78 is 5.53. The van der Waals surface area contributed by atoms with Gasteiger partial charge in [-0.2, -0.15) is 0 Å². The predicted octanol–water partition coefficient (Wildman–Crippen LogP) is 4.24. The number of esters is 1. The molecule has 0 saturated carbocycles. The van der Waals surface area contributed by atoms with Crippen LogP contribution < -0.4 is 4.74 Å². The van der Waals surface area contributed by atoms with Gasteiger partial charge in [-0.15, -0.1) is 0 Å². The van der Waals surface area contributed by atoms with Gasteiger partial charge in [0.1, 0.15) is 18.0 Å². The molecule has 0 radical (unpaired) electrons. The maximum Gasteiger partial charge on any atom is 0.323 e. The van der Waals surface area contributed by atoms with E-state index in [0.717, 1.165) is 17.4 Å². The van der Waals surface area contributed by atoms with Crippen molar-refractivity contribution in [1.29, 1.82) is 0 Å². The van der Waals surface area contributed by atoms with Crippen LogP contribution in [0.15, 0.2) is 84.9 Å². The lowest BCUT2D eigenvalue weighted by Gasteiger charge is -2.17. The molecule has 3 heteroatoms. The first kappa shape index (κ1) is 15.7. The van der Waals surface area contributed by atoms with Crippen LogP contribution in [-0.2, 0) is 4.79 Å². The largest absolute Gasteiger partial charge is 0.426 e. The Bertz CT molecular complexity index is 769. The van der Waals surface area contributed by atoms with Crippen LogP contribution in [0.3, 0.4) is 0 Å². The number of hydrogen-bond donors (Lipinski definition) is 0. The van der Waals surface area contributed by atoms with E-state index >= 15 is 0 Å². The van der Waals surface area contributed by atoms with Crippen LogP contribution in [0.25, 0.3) is 0 Å². The van der Waals surface area contributed by atoms with E-state index < -0.39 is 5.92 Å². The maximum atomic E-state index is 12.8. The monoisotopic (exact) mass is 316 g/mol. The van der Waals surface area contributed by atoms with Crippen molar-refractivity contribution in [2.24, 2.45) is 0 Å². The Morgan fingerprint density at radius 1 is 0.750 bits per heavy atom. The average Bonchev–Trinajstić information content (AvgIpc) is 2.64. The zero-order valence-electron chi connectivity index (χ0n) is 13.0.